The van der Waals surface area contributed by atoms with Crippen LogP contribution in [0, 0.1) is 0 Å². The lowest BCUT2D eigenvalue weighted by Gasteiger charge is -2.20. The molecule has 0 unspecified atom stereocenters. The second-order valence-electron chi connectivity index (χ2n) is 7.01. The minimum atomic E-state index is 0.122. The van der Waals surface area contributed by atoms with Crippen molar-refractivity contribution in [1.29, 1.82) is 0 Å². The molecule has 1 aliphatic carbocycles. The first-order chi connectivity index (χ1) is 11.8. The molecule has 1 N–H and O–H groups in total. The van der Waals surface area contributed by atoms with Gasteiger partial charge in [-0.3, -0.25) is 4.79 Å². The average Bonchev–Trinajstić information content (AvgIpc) is 2.58. The highest BCUT2D eigenvalue weighted by Gasteiger charge is 2.14. The fourth-order valence-corrected chi connectivity index (χ4v) is 3.61. The van der Waals surface area contributed by atoms with Crippen molar-refractivity contribution in [1.82, 2.24) is 5.32 Å². The molecule has 1 aromatic carbocycles. The standard InChI is InChI=1S/C21H33NO2/c1-24-20-16-12-11-13-18(20)17-21(23)22-19-14-9-7-5-3-2-4-6-8-10-15-19/h11-13,16,19H,2-10,14-15,17H2,1H3,(H,22,23). The number of hydrogen-bond donors (Lipinski definition) is 1. The van der Waals surface area contributed by atoms with Crippen LogP contribution in [-0.2, 0) is 11.2 Å². The molecule has 0 atom stereocenters. The third-order valence-corrected chi connectivity index (χ3v) is 5.01. The summed E-state index contributed by atoms with van der Waals surface area (Å²) in [6.07, 6.45) is 14.6. The number of nitrogens with one attached hydrogen (secondary N) is 1. The van der Waals surface area contributed by atoms with Crippen molar-refractivity contribution in [3.8, 4) is 5.75 Å². The minimum absolute atomic E-state index is 0.122. The predicted molar refractivity (Wildman–Crippen MR) is 99.4 cm³/mol. The van der Waals surface area contributed by atoms with Gasteiger partial charge in [0.25, 0.3) is 0 Å². The second-order valence-corrected chi connectivity index (χ2v) is 7.01. The molecule has 0 aromatic heterocycles. The van der Waals surface area contributed by atoms with E-state index in [1.54, 1.807) is 7.11 Å². The van der Waals surface area contributed by atoms with Gasteiger partial charge in [0.15, 0.2) is 0 Å². The summed E-state index contributed by atoms with van der Waals surface area (Å²) in [4.78, 5) is 12.5. The Hall–Kier alpha value is -1.51. The van der Waals surface area contributed by atoms with Crippen LogP contribution in [-0.4, -0.2) is 19.1 Å². The largest absolute Gasteiger partial charge is 0.496 e. The van der Waals surface area contributed by atoms with Gasteiger partial charge in [-0.2, -0.15) is 0 Å². The second kappa shape index (κ2) is 11.1. The number of hydrogen-bond acceptors (Lipinski definition) is 2. The van der Waals surface area contributed by atoms with Crippen LogP contribution in [0.3, 0.4) is 0 Å². The van der Waals surface area contributed by atoms with Gasteiger partial charge in [-0.1, -0.05) is 76.0 Å². The Morgan fingerprint density at radius 2 is 1.50 bits per heavy atom. The van der Waals surface area contributed by atoms with Gasteiger partial charge in [0, 0.05) is 11.6 Å². The topological polar surface area (TPSA) is 38.3 Å². The van der Waals surface area contributed by atoms with E-state index in [1.807, 2.05) is 24.3 Å². The molecule has 1 fully saturated rings. The number of carbonyl (C=O) groups is 1. The van der Waals surface area contributed by atoms with Crippen molar-refractivity contribution < 1.29 is 9.53 Å². The number of ether oxygens (including phenoxy) is 1. The van der Waals surface area contributed by atoms with E-state index in [2.05, 4.69) is 5.32 Å². The van der Waals surface area contributed by atoms with E-state index in [0.29, 0.717) is 12.5 Å². The molecule has 3 heteroatoms. The van der Waals surface area contributed by atoms with E-state index < -0.39 is 0 Å². The van der Waals surface area contributed by atoms with Crippen LogP contribution in [0.25, 0.3) is 0 Å². The first kappa shape index (κ1) is 18.8. The van der Waals surface area contributed by atoms with Gasteiger partial charge < -0.3 is 10.1 Å². The third kappa shape index (κ3) is 6.94. The lowest BCUT2D eigenvalue weighted by molar-refractivity contribution is -0.121. The van der Waals surface area contributed by atoms with Crippen LogP contribution in [0.4, 0.5) is 0 Å². The Labute approximate surface area is 147 Å². The highest BCUT2D eigenvalue weighted by atomic mass is 16.5. The predicted octanol–water partition coefficient (Wildman–Crippen LogP) is 5.03. The molecular formula is C21H33NO2. The highest BCUT2D eigenvalue weighted by Crippen LogP contribution is 2.19. The van der Waals surface area contributed by atoms with Gasteiger partial charge in [0.05, 0.1) is 13.5 Å². The monoisotopic (exact) mass is 331 g/mol. The van der Waals surface area contributed by atoms with Crippen LogP contribution < -0.4 is 10.1 Å². The molecule has 1 aromatic rings. The van der Waals surface area contributed by atoms with Crippen LogP contribution in [0.15, 0.2) is 24.3 Å². The summed E-state index contributed by atoms with van der Waals surface area (Å²) in [5.74, 6) is 0.919. The summed E-state index contributed by atoms with van der Waals surface area (Å²) in [6, 6.07) is 8.12. The Morgan fingerprint density at radius 1 is 0.958 bits per heavy atom. The van der Waals surface area contributed by atoms with Crippen LogP contribution >= 0.6 is 0 Å². The molecule has 3 nitrogen and oxygen atoms in total. The molecule has 0 spiro atoms. The smallest absolute Gasteiger partial charge is 0.224 e. The van der Waals surface area contributed by atoms with E-state index in [9.17, 15) is 4.79 Å². The van der Waals surface area contributed by atoms with Gasteiger partial charge in [-0.25, -0.2) is 0 Å². The number of rotatable bonds is 4. The van der Waals surface area contributed by atoms with Gasteiger partial charge in [-0.05, 0) is 18.9 Å². The zero-order valence-electron chi connectivity index (χ0n) is 15.2. The number of para-hydroxylation sites is 1. The average molecular weight is 332 g/mol. The summed E-state index contributed by atoms with van der Waals surface area (Å²) in [5.41, 5.74) is 0.964. The fraction of sp³-hybridized carbons (Fsp3) is 0.667. The summed E-state index contributed by atoms with van der Waals surface area (Å²) in [5, 5.41) is 3.28. The van der Waals surface area contributed by atoms with E-state index in [4.69, 9.17) is 4.74 Å². The molecule has 2 rings (SSSR count). The van der Waals surface area contributed by atoms with E-state index in [-0.39, 0.29) is 5.91 Å². The van der Waals surface area contributed by atoms with Crippen LogP contribution in [0.5, 0.6) is 5.75 Å². The van der Waals surface area contributed by atoms with Crippen LogP contribution in [0.1, 0.15) is 76.2 Å². The van der Waals surface area contributed by atoms with Crippen molar-refractivity contribution in [2.75, 3.05) is 7.11 Å². The number of methoxy groups -OCH3 is 1. The molecule has 1 saturated carbocycles. The SMILES string of the molecule is COc1ccccc1CC(=O)NC1CCCCCCCCCCC1. The maximum atomic E-state index is 12.5. The third-order valence-electron chi connectivity index (χ3n) is 5.01. The van der Waals surface area contributed by atoms with E-state index in [0.717, 1.165) is 24.2 Å². The van der Waals surface area contributed by atoms with E-state index >= 15 is 0 Å². The summed E-state index contributed by atoms with van der Waals surface area (Å²) in [7, 11) is 1.66. The van der Waals surface area contributed by atoms with Gasteiger partial charge >= 0.3 is 0 Å². The van der Waals surface area contributed by atoms with Crippen LogP contribution in [0.2, 0.25) is 0 Å². The Morgan fingerprint density at radius 3 is 2.08 bits per heavy atom. The van der Waals surface area contributed by atoms with Crippen molar-refractivity contribution in [3.63, 3.8) is 0 Å². The molecular weight excluding hydrogens is 298 g/mol. The molecule has 134 valence electrons. The molecule has 0 bridgehead atoms. The Kier molecular flexibility index (Phi) is 8.72. The lowest BCUT2D eigenvalue weighted by Crippen LogP contribution is -2.36. The lowest BCUT2D eigenvalue weighted by atomic mass is 9.97. The van der Waals surface area contributed by atoms with Gasteiger partial charge in [-0.15, -0.1) is 0 Å². The summed E-state index contributed by atoms with van der Waals surface area (Å²) < 4.78 is 5.35. The molecule has 0 aliphatic heterocycles. The number of carbonyl (C=O) groups excluding carboxylic acids is 1. The van der Waals surface area contributed by atoms with Crippen molar-refractivity contribution >= 4 is 5.91 Å². The molecule has 0 heterocycles. The summed E-state index contributed by atoms with van der Waals surface area (Å²) >= 11 is 0. The molecule has 1 aliphatic rings. The normalized spacial score (nSPS) is 18.2. The number of benzene rings is 1. The van der Waals surface area contributed by atoms with Gasteiger partial charge in [0.2, 0.25) is 5.91 Å². The fourth-order valence-electron chi connectivity index (χ4n) is 3.61. The zero-order chi connectivity index (χ0) is 17.0. The first-order valence-corrected chi connectivity index (χ1v) is 9.71. The Balaban J connectivity index is 1.84. The van der Waals surface area contributed by atoms with Gasteiger partial charge in [0.1, 0.15) is 5.75 Å². The van der Waals surface area contributed by atoms with Crippen molar-refractivity contribution in [2.24, 2.45) is 0 Å². The maximum Gasteiger partial charge on any atom is 0.224 e. The van der Waals surface area contributed by atoms with Crippen molar-refractivity contribution in [2.45, 2.75) is 83.1 Å². The highest BCUT2D eigenvalue weighted by molar-refractivity contribution is 5.79. The maximum absolute atomic E-state index is 12.5. The first-order valence-electron chi connectivity index (χ1n) is 9.71. The molecule has 24 heavy (non-hydrogen) atoms. The van der Waals surface area contributed by atoms with Crippen molar-refractivity contribution in [3.05, 3.63) is 29.8 Å². The quantitative estimate of drug-likeness (QED) is 0.840. The number of amides is 1. The molecule has 0 radical (unpaired) electrons. The van der Waals surface area contributed by atoms with E-state index in [1.165, 1.54) is 57.8 Å². The molecule has 0 saturated heterocycles. The molecule has 1 amide bonds. The minimum Gasteiger partial charge on any atom is -0.496 e. The summed E-state index contributed by atoms with van der Waals surface area (Å²) in [6.45, 7) is 0. The Bertz CT molecular complexity index is 474. The zero-order valence-corrected chi connectivity index (χ0v) is 15.2.